The highest BCUT2D eigenvalue weighted by molar-refractivity contribution is 6.10. The Balaban J connectivity index is 1.48. The number of nitrogens with zero attached hydrogens (tertiary/aromatic N) is 1. The molecular formula is C26H33FN4O3. The van der Waals surface area contributed by atoms with Crippen molar-refractivity contribution in [1.82, 2.24) is 10.2 Å². The van der Waals surface area contributed by atoms with Gasteiger partial charge in [-0.15, -0.1) is 0 Å². The Morgan fingerprint density at radius 1 is 0.971 bits per heavy atom. The first-order valence-electron chi connectivity index (χ1n) is 11.9. The first-order chi connectivity index (χ1) is 16.5. The van der Waals surface area contributed by atoms with E-state index in [0.29, 0.717) is 30.0 Å². The predicted octanol–water partition coefficient (Wildman–Crippen LogP) is 4.03. The molecule has 0 unspecified atom stereocenters. The molecule has 1 aliphatic rings. The van der Waals surface area contributed by atoms with Crippen LogP contribution in [0.5, 0.6) is 0 Å². The summed E-state index contributed by atoms with van der Waals surface area (Å²) in [5, 5.41) is 8.56. The van der Waals surface area contributed by atoms with Crippen LogP contribution in [0.25, 0.3) is 0 Å². The van der Waals surface area contributed by atoms with Gasteiger partial charge in [-0.3, -0.25) is 19.3 Å². The number of anilines is 2. The maximum absolute atomic E-state index is 13.1. The quantitative estimate of drug-likeness (QED) is 0.459. The van der Waals surface area contributed by atoms with E-state index in [-0.39, 0.29) is 30.1 Å². The number of unbranched alkanes of at least 4 members (excludes halogenated alkanes) is 2. The Bertz CT molecular complexity index is 972. The molecule has 0 radical (unpaired) electrons. The molecule has 0 spiro atoms. The zero-order chi connectivity index (χ0) is 24.3. The molecule has 1 saturated heterocycles. The summed E-state index contributed by atoms with van der Waals surface area (Å²) >= 11 is 0. The molecule has 7 nitrogen and oxygen atoms in total. The molecule has 1 fully saturated rings. The summed E-state index contributed by atoms with van der Waals surface area (Å²) in [7, 11) is 0. The molecule has 0 bridgehead atoms. The van der Waals surface area contributed by atoms with E-state index < -0.39 is 5.91 Å². The van der Waals surface area contributed by atoms with Crippen LogP contribution in [0.2, 0.25) is 0 Å². The van der Waals surface area contributed by atoms with Crippen LogP contribution >= 0.6 is 0 Å². The fourth-order valence-corrected chi connectivity index (χ4v) is 4.00. The molecule has 2 aromatic rings. The van der Waals surface area contributed by atoms with Gasteiger partial charge in [0, 0.05) is 18.2 Å². The normalized spacial score (nSPS) is 14.4. The molecule has 3 amide bonds. The third-order valence-corrected chi connectivity index (χ3v) is 5.95. The van der Waals surface area contributed by atoms with Crippen LogP contribution < -0.4 is 16.0 Å². The number of carbonyl (C=O) groups excluding carboxylic acids is 3. The Labute approximate surface area is 200 Å². The smallest absolute Gasteiger partial charge is 0.257 e. The molecule has 182 valence electrons. The molecule has 0 atom stereocenters. The maximum atomic E-state index is 13.1. The third-order valence-electron chi connectivity index (χ3n) is 5.95. The minimum Gasteiger partial charge on any atom is -0.356 e. The van der Waals surface area contributed by atoms with E-state index >= 15 is 0 Å². The highest BCUT2D eigenvalue weighted by Crippen LogP contribution is 2.20. The second-order valence-electron chi connectivity index (χ2n) is 8.60. The number of rotatable bonds is 10. The lowest BCUT2D eigenvalue weighted by molar-refractivity contribution is -0.126. The van der Waals surface area contributed by atoms with Gasteiger partial charge in [-0.2, -0.15) is 0 Å². The lowest BCUT2D eigenvalue weighted by atomic mass is 9.96. The van der Waals surface area contributed by atoms with E-state index in [1.165, 1.54) is 24.3 Å². The highest BCUT2D eigenvalue weighted by atomic mass is 19.1. The molecule has 8 heteroatoms. The SMILES string of the molecule is CCCCCNC(=O)C1CCN(CC(=O)Nc2ccccc2C(=O)Nc2ccc(F)cc2)CC1. The summed E-state index contributed by atoms with van der Waals surface area (Å²) in [4.78, 5) is 39.7. The Kier molecular flexibility index (Phi) is 9.58. The zero-order valence-corrected chi connectivity index (χ0v) is 19.6. The van der Waals surface area contributed by atoms with E-state index in [4.69, 9.17) is 0 Å². The van der Waals surface area contributed by atoms with Crippen molar-refractivity contribution in [1.29, 1.82) is 0 Å². The summed E-state index contributed by atoms with van der Waals surface area (Å²) in [6.45, 7) is 4.40. The molecule has 0 aromatic heterocycles. The first kappa shape index (κ1) is 25.4. The molecule has 34 heavy (non-hydrogen) atoms. The predicted molar refractivity (Wildman–Crippen MR) is 131 cm³/mol. The van der Waals surface area contributed by atoms with Crippen molar-refractivity contribution < 1.29 is 18.8 Å². The van der Waals surface area contributed by atoms with Crippen LogP contribution in [-0.2, 0) is 9.59 Å². The molecular weight excluding hydrogens is 435 g/mol. The van der Waals surface area contributed by atoms with E-state index in [2.05, 4.69) is 22.9 Å². The largest absolute Gasteiger partial charge is 0.356 e. The van der Waals surface area contributed by atoms with Gasteiger partial charge in [0.1, 0.15) is 5.82 Å². The van der Waals surface area contributed by atoms with Gasteiger partial charge in [0.05, 0.1) is 17.8 Å². The molecule has 1 heterocycles. The highest BCUT2D eigenvalue weighted by Gasteiger charge is 2.26. The van der Waals surface area contributed by atoms with Crippen LogP contribution in [0, 0.1) is 11.7 Å². The molecule has 3 rings (SSSR count). The van der Waals surface area contributed by atoms with E-state index in [9.17, 15) is 18.8 Å². The number of carbonyl (C=O) groups is 3. The molecule has 0 aliphatic carbocycles. The minimum atomic E-state index is -0.395. The molecule has 2 aromatic carbocycles. The number of hydrogen-bond donors (Lipinski definition) is 3. The van der Waals surface area contributed by atoms with Gasteiger partial charge in [0.25, 0.3) is 5.91 Å². The van der Waals surface area contributed by atoms with Gasteiger partial charge in [-0.05, 0) is 68.8 Å². The lowest BCUT2D eigenvalue weighted by Gasteiger charge is -2.30. The fraction of sp³-hybridized carbons (Fsp3) is 0.423. The third kappa shape index (κ3) is 7.66. The van der Waals surface area contributed by atoms with Crippen molar-refractivity contribution in [2.45, 2.75) is 39.0 Å². The van der Waals surface area contributed by atoms with Crippen molar-refractivity contribution in [2.75, 3.05) is 36.8 Å². The number of halogens is 1. The van der Waals surface area contributed by atoms with Gasteiger partial charge >= 0.3 is 0 Å². The fourth-order valence-electron chi connectivity index (χ4n) is 4.00. The standard InChI is InChI=1S/C26H33FN4O3/c1-2-3-6-15-28-25(33)19-13-16-31(17-14-19)18-24(32)30-23-8-5-4-7-22(23)26(34)29-21-11-9-20(27)10-12-21/h4-5,7-12,19H,2-3,6,13-18H2,1H3,(H,28,33)(H,29,34)(H,30,32). The van der Waals surface area contributed by atoms with Crippen LogP contribution in [0.15, 0.2) is 48.5 Å². The molecule has 0 saturated carbocycles. The van der Waals surface area contributed by atoms with Gasteiger partial charge in [0.2, 0.25) is 11.8 Å². The van der Waals surface area contributed by atoms with Gasteiger partial charge in [-0.25, -0.2) is 4.39 Å². The van der Waals surface area contributed by atoms with Gasteiger partial charge < -0.3 is 16.0 Å². The van der Waals surface area contributed by atoms with Gasteiger partial charge in [0.15, 0.2) is 0 Å². The van der Waals surface area contributed by atoms with Crippen LogP contribution in [-0.4, -0.2) is 48.8 Å². The number of piperidine rings is 1. The summed E-state index contributed by atoms with van der Waals surface area (Å²) in [6.07, 6.45) is 4.70. The average molecular weight is 469 g/mol. The van der Waals surface area contributed by atoms with Gasteiger partial charge in [-0.1, -0.05) is 31.9 Å². The lowest BCUT2D eigenvalue weighted by Crippen LogP contribution is -2.43. The average Bonchev–Trinajstić information content (AvgIpc) is 2.84. The van der Waals surface area contributed by atoms with E-state index in [1.807, 2.05) is 4.90 Å². The topological polar surface area (TPSA) is 90.5 Å². The van der Waals surface area contributed by atoms with Crippen molar-refractivity contribution in [3.8, 4) is 0 Å². The van der Waals surface area contributed by atoms with Crippen molar-refractivity contribution in [3.63, 3.8) is 0 Å². The summed E-state index contributed by atoms with van der Waals surface area (Å²) < 4.78 is 13.1. The molecule has 3 N–H and O–H groups in total. The Hall–Kier alpha value is -3.26. The second kappa shape index (κ2) is 12.8. The Morgan fingerprint density at radius 3 is 2.38 bits per heavy atom. The van der Waals surface area contributed by atoms with Crippen LogP contribution in [0.1, 0.15) is 49.4 Å². The summed E-state index contributed by atoms with van der Waals surface area (Å²) in [5.74, 6) is -0.891. The number of amides is 3. The van der Waals surface area contributed by atoms with Crippen molar-refractivity contribution in [2.24, 2.45) is 5.92 Å². The van der Waals surface area contributed by atoms with E-state index in [0.717, 1.165) is 38.6 Å². The molecule has 1 aliphatic heterocycles. The number of hydrogen-bond acceptors (Lipinski definition) is 4. The van der Waals surface area contributed by atoms with Crippen molar-refractivity contribution >= 4 is 29.1 Å². The van der Waals surface area contributed by atoms with E-state index in [1.54, 1.807) is 24.3 Å². The van der Waals surface area contributed by atoms with Crippen LogP contribution in [0.4, 0.5) is 15.8 Å². The van der Waals surface area contributed by atoms with Crippen LogP contribution in [0.3, 0.4) is 0 Å². The number of benzene rings is 2. The number of likely N-dealkylation sites (tertiary alicyclic amines) is 1. The summed E-state index contributed by atoms with van der Waals surface area (Å²) in [5.41, 5.74) is 1.19. The minimum absolute atomic E-state index is 0.00294. The first-order valence-corrected chi connectivity index (χ1v) is 11.9. The number of para-hydroxylation sites is 1. The summed E-state index contributed by atoms with van der Waals surface area (Å²) in [6, 6.07) is 12.2. The zero-order valence-electron chi connectivity index (χ0n) is 19.6. The number of nitrogens with one attached hydrogen (secondary N) is 3. The second-order valence-corrected chi connectivity index (χ2v) is 8.60. The maximum Gasteiger partial charge on any atom is 0.257 e. The monoisotopic (exact) mass is 468 g/mol. The Morgan fingerprint density at radius 2 is 1.68 bits per heavy atom. The van der Waals surface area contributed by atoms with Crippen molar-refractivity contribution in [3.05, 3.63) is 59.9 Å².